The number of H-pyrrole nitrogens is 1. The van der Waals surface area contributed by atoms with Crippen LogP contribution in [-0.2, 0) is 0 Å². The Morgan fingerprint density at radius 3 is 2.43 bits per heavy atom. The lowest BCUT2D eigenvalue weighted by atomic mass is 9.88. The van der Waals surface area contributed by atoms with Crippen LogP contribution in [0.25, 0.3) is 17.7 Å². The van der Waals surface area contributed by atoms with Crippen molar-refractivity contribution < 1.29 is 0 Å². The van der Waals surface area contributed by atoms with Gasteiger partial charge >= 0.3 is 0 Å². The number of nitrogens with one attached hydrogen (secondary N) is 3. The second-order valence-corrected chi connectivity index (χ2v) is 14.0. The standard InChI is InChI=1S/C41H54N10/c1-8-32(22-37-30(5)43-24-33(37)9-2)36-25-44-41(45-26-36)51-20-18-50(19-21-51)29(4)27-49-16-14-34(15-17-49)35-11-13-39(40(23-35)48(7)42)47-38-12-10-28(3)46-31(38)6/h8-9,11,13,22-26,34,38,43,46-47H,1-4,6,10,12,14-21,27,42H2,5,7H3/b32-22+. The molecule has 3 aromatic rings. The van der Waals surface area contributed by atoms with Crippen LogP contribution >= 0.6 is 0 Å². The Bertz CT molecular complexity index is 1780. The van der Waals surface area contributed by atoms with Gasteiger partial charge in [-0.25, -0.2) is 15.8 Å². The maximum Gasteiger partial charge on any atom is 0.225 e. The number of aryl methyl sites for hydroxylation is 1. The van der Waals surface area contributed by atoms with Gasteiger partial charge < -0.3 is 30.4 Å². The van der Waals surface area contributed by atoms with Crippen LogP contribution in [0.1, 0.15) is 59.5 Å². The van der Waals surface area contributed by atoms with Crippen molar-refractivity contribution in [2.45, 2.75) is 44.6 Å². The zero-order valence-corrected chi connectivity index (χ0v) is 30.4. The number of likely N-dealkylation sites (tertiary alicyclic amines) is 1. The Morgan fingerprint density at radius 2 is 1.78 bits per heavy atom. The number of aromatic amines is 1. The number of piperazine rings is 1. The van der Waals surface area contributed by atoms with Crippen LogP contribution in [0.4, 0.5) is 17.3 Å². The molecule has 10 heteroatoms. The number of rotatable bonds is 12. The molecule has 0 amide bonds. The first-order chi connectivity index (χ1) is 24.6. The largest absolute Gasteiger partial charge is 0.375 e. The summed E-state index contributed by atoms with van der Waals surface area (Å²) in [6.07, 6.45) is 15.7. The smallest absolute Gasteiger partial charge is 0.225 e. The number of aromatic nitrogens is 3. The molecule has 0 radical (unpaired) electrons. The van der Waals surface area contributed by atoms with Crippen molar-refractivity contribution in [1.29, 1.82) is 0 Å². The van der Waals surface area contributed by atoms with E-state index in [2.05, 4.69) is 94.4 Å². The molecule has 3 saturated heterocycles. The van der Waals surface area contributed by atoms with Gasteiger partial charge in [0.15, 0.2) is 0 Å². The normalized spacial score (nSPS) is 19.1. The van der Waals surface area contributed by atoms with Crippen LogP contribution in [-0.4, -0.2) is 83.7 Å². The van der Waals surface area contributed by atoms with E-state index in [1.165, 1.54) is 11.3 Å². The van der Waals surface area contributed by atoms with E-state index in [1.807, 2.05) is 37.8 Å². The number of piperidine rings is 2. The van der Waals surface area contributed by atoms with Crippen molar-refractivity contribution in [2.24, 2.45) is 5.84 Å². The monoisotopic (exact) mass is 686 g/mol. The zero-order chi connectivity index (χ0) is 36.1. The Labute approximate surface area is 303 Å². The maximum atomic E-state index is 6.32. The van der Waals surface area contributed by atoms with Gasteiger partial charge in [-0.05, 0) is 86.5 Å². The Kier molecular flexibility index (Phi) is 11.1. The lowest BCUT2D eigenvalue weighted by Crippen LogP contribution is -2.48. The summed E-state index contributed by atoms with van der Waals surface area (Å²) >= 11 is 0. The molecular formula is C41H54N10. The number of benzene rings is 1. The van der Waals surface area contributed by atoms with Gasteiger partial charge in [-0.2, -0.15) is 0 Å². The number of allylic oxidation sites excluding steroid dienone is 3. The molecule has 3 aliphatic rings. The Balaban J connectivity index is 0.978. The topological polar surface area (TPSA) is 105 Å². The van der Waals surface area contributed by atoms with Gasteiger partial charge in [0.1, 0.15) is 0 Å². The summed E-state index contributed by atoms with van der Waals surface area (Å²) < 4.78 is 0. The molecule has 0 saturated carbocycles. The fourth-order valence-electron chi connectivity index (χ4n) is 7.41. The predicted molar refractivity (Wildman–Crippen MR) is 214 cm³/mol. The number of anilines is 3. The van der Waals surface area contributed by atoms with Crippen molar-refractivity contribution in [2.75, 3.05) is 68.1 Å². The molecule has 6 rings (SSSR count). The third-order valence-corrected chi connectivity index (χ3v) is 10.6. The quantitative estimate of drug-likeness (QED) is 0.0966. The number of nitrogens with two attached hydrogens (primary N) is 1. The van der Waals surface area contributed by atoms with Gasteiger partial charge in [0, 0.05) is 92.3 Å². The summed E-state index contributed by atoms with van der Waals surface area (Å²) in [6, 6.07) is 6.85. The maximum absolute atomic E-state index is 6.32. The minimum absolute atomic E-state index is 0.143. The van der Waals surface area contributed by atoms with Crippen molar-refractivity contribution in [3.63, 3.8) is 0 Å². The third-order valence-electron chi connectivity index (χ3n) is 10.6. The molecule has 1 aromatic carbocycles. The summed E-state index contributed by atoms with van der Waals surface area (Å²) in [5.74, 6) is 7.58. The van der Waals surface area contributed by atoms with E-state index in [9.17, 15) is 0 Å². The van der Waals surface area contributed by atoms with Crippen molar-refractivity contribution in [3.8, 4) is 0 Å². The first-order valence-corrected chi connectivity index (χ1v) is 18.0. The minimum atomic E-state index is 0.143. The molecule has 51 heavy (non-hydrogen) atoms. The van der Waals surface area contributed by atoms with Crippen LogP contribution in [0.5, 0.6) is 0 Å². The highest BCUT2D eigenvalue weighted by molar-refractivity contribution is 5.89. The second-order valence-electron chi connectivity index (χ2n) is 14.0. The Morgan fingerprint density at radius 1 is 1.06 bits per heavy atom. The lowest BCUT2D eigenvalue weighted by Gasteiger charge is -2.39. The molecule has 5 N–H and O–H groups in total. The van der Waals surface area contributed by atoms with Gasteiger partial charge in [-0.3, -0.25) is 4.90 Å². The zero-order valence-electron chi connectivity index (χ0n) is 30.4. The van der Waals surface area contributed by atoms with Gasteiger partial charge in [-0.15, -0.1) is 0 Å². The Hall–Kier alpha value is -5.06. The molecule has 3 aliphatic heterocycles. The molecule has 0 bridgehead atoms. The first-order valence-electron chi connectivity index (χ1n) is 18.0. The van der Waals surface area contributed by atoms with E-state index in [1.54, 1.807) is 5.01 Å². The van der Waals surface area contributed by atoms with Crippen LogP contribution in [0.2, 0.25) is 0 Å². The fourth-order valence-corrected chi connectivity index (χ4v) is 7.41. The van der Waals surface area contributed by atoms with Crippen molar-refractivity contribution in [1.82, 2.24) is 30.1 Å². The highest BCUT2D eigenvalue weighted by Gasteiger charge is 2.26. The molecule has 0 spiro atoms. The predicted octanol–water partition coefficient (Wildman–Crippen LogP) is 6.50. The van der Waals surface area contributed by atoms with Gasteiger partial charge in [0.2, 0.25) is 5.95 Å². The lowest BCUT2D eigenvalue weighted by molar-refractivity contribution is 0.201. The first kappa shape index (κ1) is 35.8. The number of hydrazine groups is 1. The highest BCUT2D eigenvalue weighted by atomic mass is 15.4. The summed E-state index contributed by atoms with van der Waals surface area (Å²) in [4.78, 5) is 20.0. The molecule has 0 aliphatic carbocycles. The summed E-state index contributed by atoms with van der Waals surface area (Å²) in [5.41, 5.74) is 11.7. The SMILES string of the molecule is C=C/C(=C\c1c(C=C)c[nH]c1C)c1cnc(N2CCN(C(=C)CN3CCC(c4ccc(NC5CCC(=C)NC5=C)c(N(C)N)c4)CC3)CC2)nc1. The summed E-state index contributed by atoms with van der Waals surface area (Å²) in [7, 11) is 1.90. The van der Waals surface area contributed by atoms with E-state index in [4.69, 9.17) is 15.8 Å². The molecule has 1 atom stereocenters. The fraction of sp³-hybridized carbons (Fsp3) is 0.366. The average molecular weight is 687 g/mol. The highest BCUT2D eigenvalue weighted by Crippen LogP contribution is 2.35. The van der Waals surface area contributed by atoms with Crippen LogP contribution in [0.3, 0.4) is 0 Å². The number of nitrogens with zero attached hydrogens (tertiary/aromatic N) is 6. The molecule has 1 unspecified atom stereocenters. The molecular weight excluding hydrogens is 633 g/mol. The van der Waals surface area contributed by atoms with Crippen molar-refractivity contribution >= 4 is 35.0 Å². The van der Waals surface area contributed by atoms with Gasteiger partial charge in [0.05, 0.1) is 17.4 Å². The third kappa shape index (κ3) is 8.30. The molecule has 5 heterocycles. The van der Waals surface area contributed by atoms with Crippen molar-refractivity contribution in [3.05, 3.63) is 121 Å². The minimum Gasteiger partial charge on any atom is -0.375 e. The number of hydrogen-bond acceptors (Lipinski definition) is 9. The second kappa shape index (κ2) is 15.9. The molecule has 3 fully saturated rings. The van der Waals surface area contributed by atoms with E-state index in [0.717, 1.165) is 128 Å². The summed E-state index contributed by atoms with van der Waals surface area (Å²) in [5, 5.41) is 8.67. The summed E-state index contributed by atoms with van der Waals surface area (Å²) in [6.45, 7) is 29.3. The van der Waals surface area contributed by atoms with E-state index < -0.39 is 0 Å². The van der Waals surface area contributed by atoms with Crippen LogP contribution in [0.15, 0.2) is 92.9 Å². The molecule has 10 nitrogen and oxygen atoms in total. The average Bonchev–Trinajstić information content (AvgIpc) is 3.50. The van der Waals surface area contributed by atoms with E-state index in [0.29, 0.717) is 5.92 Å². The van der Waals surface area contributed by atoms with E-state index >= 15 is 0 Å². The van der Waals surface area contributed by atoms with Gasteiger partial charge in [-0.1, -0.05) is 51.1 Å². The molecule has 2 aromatic heterocycles. The molecule has 268 valence electrons. The van der Waals surface area contributed by atoms with Crippen LogP contribution < -0.4 is 26.4 Å². The van der Waals surface area contributed by atoms with Gasteiger partial charge in [0.25, 0.3) is 0 Å². The van der Waals surface area contributed by atoms with E-state index in [-0.39, 0.29) is 6.04 Å². The van der Waals surface area contributed by atoms with Crippen LogP contribution in [0, 0.1) is 6.92 Å². The number of hydrogen-bond donors (Lipinski definition) is 4.